The summed E-state index contributed by atoms with van der Waals surface area (Å²) in [6.07, 6.45) is -13.5. The van der Waals surface area contributed by atoms with Crippen molar-refractivity contribution in [2.45, 2.75) is 81.2 Å². The number of halogens is 3. The predicted molar refractivity (Wildman–Crippen MR) is 163 cm³/mol. The number of hydrogen-bond acceptors (Lipinski definition) is 13. The van der Waals surface area contributed by atoms with Crippen LogP contribution in [0.5, 0.6) is 11.5 Å². The van der Waals surface area contributed by atoms with Crippen molar-refractivity contribution < 1.29 is 77.1 Å². The standard InChI is InChI=1S/C33H36F3NO13/c1-14(9-10-46-31(45)17-4-6-18(7-5-17)33(34,35)36)27-25(42)26(43)32(50-27)49-20-8-3-16(12-19(20)38)11-15(2)30(44)37-21-22(39)24(41)29-28(23(21)40)47-13-48-29/h3-9,11-12,21-29,32,38-43H,10,13H2,1-2H3,(H,37,44)/t21-,22+,23-,24-,25+,26+,27+,28+,29-,32+/m1/s1. The second-order valence-corrected chi connectivity index (χ2v) is 12.1. The molecule has 0 radical (unpaired) electrons. The van der Waals surface area contributed by atoms with E-state index in [2.05, 4.69) is 5.32 Å². The quantitative estimate of drug-likeness (QED) is 0.109. The third kappa shape index (κ3) is 7.95. The number of phenols is 1. The van der Waals surface area contributed by atoms with Gasteiger partial charge in [-0.2, -0.15) is 13.2 Å². The molecule has 2 heterocycles. The largest absolute Gasteiger partial charge is 0.504 e. The number of nitrogens with one attached hydrogen (secondary N) is 1. The van der Waals surface area contributed by atoms with E-state index >= 15 is 0 Å². The van der Waals surface area contributed by atoms with E-state index in [0.29, 0.717) is 11.1 Å². The highest BCUT2D eigenvalue weighted by molar-refractivity contribution is 5.97. The van der Waals surface area contributed by atoms with Gasteiger partial charge in [-0.25, -0.2) is 4.79 Å². The van der Waals surface area contributed by atoms with E-state index in [9.17, 15) is 53.4 Å². The minimum atomic E-state index is -4.55. The maximum atomic E-state index is 12.9. The molecule has 0 aromatic heterocycles. The minimum Gasteiger partial charge on any atom is -0.504 e. The molecule has 1 aliphatic carbocycles. The van der Waals surface area contributed by atoms with Gasteiger partial charge < -0.3 is 59.6 Å². The van der Waals surface area contributed by atoms with E-state index in [1.165, 1.54) is 44.2 Å². The van der Waals surface area contributed by atoms with Crippen LogP contribution in [0, 0.1) is 0 Å². The normalized spacial score (nSPS) is 31.6. The van der Waals surface area contributed by atoms with E-state index < -0.39 is 90.5 Å². The van der Waals surface area contributed by atoms with Crippen LogP contribution in [0.2, 0.25) is 0 Å². The molecule has 2 aromatic rings. The molecule has 3 fully saturated rings. The first kappa shape index (κ1) is 37.2. The number of amides is 1. The van der Waals surface area contributed by atoms with Crippen LogP contribution in [0.1, 0.15) is 35.3 Å². The highest BCUT2D eigenvalue weighted by atomic mass is 19.4. The third-order valence-electron chi connectivity index (χ3n) is 8.61. The Bertz CT molecular complexity index is 1610. The molecule has 17 heteroatoms. The number of rotatable bonds is 9. The van der Waals surface area contributed by atoms with Gasteiger partial charge in [-0.3, -0.25) is 4.79 Å². The summed E-state index contributed by atoms with van der Waals surface area (Å²) in [5.41, 5.74) is -0.216. The smallest absolute Gasteiger partial charge is 0.416 e. The number of phenolic OH excluding ortho intramolecular Hbond substituents is 1. The van der Waals surface area contributed by atoms with Crippen molar-refractivity contribution in [2.24, 2.45) is 0 Å². The lowest BCUT2D eigenvalue weighted by atomic mass is 9.83. The number of esters is 1. The summed E-state index contributed by atoms with van der Waals surface area (Å²) in [6.45, 7) is 2.47. The highest BCUT2D eigenvalue weighted by Crippen LogP contribution is 2.34. The number of benzene rings is 2. The monoisotopic (exact) mass is 711 g/mol. The molecule has 14 nitrogen and oxygen atoms in total. The molecule has 1 amide bonds. The molecule has 5 rings (SSSR count). The van der Waals surface area contributed by atoms with Gasteiger partial charge in [0, 0.05) is 5.57 Å². The summed E-state index contributed by atoms with van der Waals surface area (Å²) in [6, 6.07) is 6.27. The summed E-state index contributed by atoms with van der Waals surface area (Å²) >= 11 is 0. The van der Waals surface area contributed by atoms with Gasteiger partial charge in [0.15, 0.2) is 11.5 Å². The van der Waals surface area contributed by atoms with Crippen LogP contribution >= 0.6 is 0 Å². The number of carbonyl (C=O) groups excluding carboxylic acids is 2. The molecule has 272 valence electrons. The first-order valence-electron chi connectivity index (χ1n) is 15.4. The Hall–Kier alpha value is -4.07. The molecular weight excluding hydrogens is 675 g/mol. The number of carbonyl (C=O) groups is 2. The van der Waals surface area contributed by atoms with Crippen molar-refractivity contribution >= 4 is 18.0 Å². The Morgan fingerprint density at radius 3 is 2.22 bits per heavy atom. The average molecular weight is 712 g/mol. The van der Waals surface area contributed by atoms with E-state index in [-0.39, 0.29) is 30.3 Å². The van der Waals surface area contributed by atoms with Crippen LogP contribution in [0.4, 0.5) is 13.2 Å². The number of hydrogen-bond donors (Lipinski definition) is 7. The minimum absolute atomic E-state index is 0.0991. The van der Waals surface area contributed by atoms with E-state index in [1.807, 2.05) is 0 Å². The fraction of sp³-hybridized carbons (Fsp3) is 0.455. The lowest BCUT2D eigenvalue weighted by Gasteiger charge is -2.41. The number of fused-ring (bicyclic) bond motifs is 1. The number of ether oxygens (including phenoxy) is 5. The number of alkyl halides is 3. The molecule has 2 aromatic carbocycles. The average Bonchev–Trinajstić information content (AvgIpc) is 3.68. The Balaban J connectivity index is 1.15. The maximum absolute atomic E-state index is 12.9. The number of aliphatic hydroxyl groups is 5. The van der Waals surface area contributed by atoms with Gasteiger partial charge in [0.2, 0.25) is 12.2 Å². The van der Waals surface area contributed by atoms with Crippen molar-refractivity contribution in [1.29, 1.82) is 0 Å². The van der Waals surface area contributed by atoms with Crippen molar-refractivity contribution in [1.82, 2.24) is 5.32 Å². The zero-order valence-corrected chi connectivity index (χ0v) is 26.6. The third-order valence-corrected chi connectivity index (χ3v) is 8.61. The highest BCUT2D eigenvalue weighted by Gasteiger charge is 2.53. The molecule has 2 aliphatic heterocycles. The summed E-state index contributed by atoms with van der Waals surface area (Å²) in [4.78, 5) is 25.1. The predicted octanol–water partition coefficient (Wildman–Crippen LogP) is 0.766. The SMILES string of the molecule is CC(=Cc1ccc(O[C@H]2O[C@@H](C(C)=CCOC(=O)c3ccc(C(F)(F)F)cc3)[C@@H](O)[C@@H]2O)c(O)c1)C(=O)N[C@@H]1[C@H](O)[C@@H](O)[C@H]2OCO[C@H]2[C@@H]1O. The molecule has 2 saturated heterocycles. The van der Waals surface area contributed by atoms with E-state index in [1.54, 1.807) is 0 Å². The molecule has 7 N–H and O–H groups in total. The number of aromatic hydroxyl groups is 1. The van der Waals surface area contributed by atoms with Crippen molar-refractivity contribution in [3.8, 4) is 11.5 Å². The summed E-state index contributed by atoms with van der Waals surface area (Å²) in [7, 11) is 0. The molecular formula is C33H36F3NO13. The van der Waals surface area contributed by atoms with Crippen LogP contribution in [0.25, 0.3) is 6.08 Å². The molecule has 0 bridgehead atoms. The first-order valence-corrected chi connectivity index (χ1v) is 15.4. The zero-order chi connectivity index (χ0) is 36.5. The topological polar surface area (TPSA) is 214 Å². The van der Waals surface area contributed by atoms with E-state index in [4.69, 9.17) is 23.7 Å². The Labute approximate surface area is 282 Å². The lowest BCUT2D eigenvalue weighted by Crippen LogP contribution is -2.67. The van der Waals surface area contributed by atoms with Crippen molar-refractivity contribution in [3.63, 3.8) is 0 Å². The van der Waals surface area contributed by atoms with Gasteiger partial charge in [-0.1, -0.05) is 6.07 Å². The fourth-order valence-corrected chi connectivity index (χ4v) is 5.75. The van der Waals surface area contributed by atoms with Gasteiger partial charge in [0.1, 0.15) is 62.2 Å². The zero-order valence-electron chi connectivity index (χ0n) is 26.6. The maximum Gasteiger partial charge on any atom is 0.416 e. The number of aliphatic hydroxyl groups excluding tert-OH is 5. The van der Waals surface area contributed by atoms with Gasteiger partial charge >= 0.3 is 12.1 Å². The Morgan fingerprint density at radius 1 is 0.920 bits per heavy atom. The summed E-state index contributed by atoms with van der Waals surface area (Å²) in [5, 5.41) is 65.6. The van der Waals surface area contributed by atoms with Crippen LogP contribution < -0.4 is 10.1 Å². The van der Waals surface area contributed by atoms with Gasteiger partial charge in [0.05, 0.1) is 17.2 Å². The van der Waals surface area contributed by atoms with Crippen LogP contribution in [-0.4, -0.2) is 117 Å². The molecule has 3 aliphatic rings. The Morgan fingerprint density at radius 2 is 1.58 bits per heavy atom. The summed E-state index contributed by atoms with van der Waals surface area (Å²) < 4.78 is 65.1. The fourth-order valence-electron chi connectivity index (χ4n) is 5.75. The molecule has 1 saturated carbocycles. The van der Waals surface area contributed by atoms with Crippen molar-refractivity contribution in [2.75, 3.05) is 13.4 Å². The van der Waals surface area contributed by atoms with Gasteiger partial charge in [-0.15, -0.1) is 0 Å². The van der Waals surface area contributed by atoms with Crippen molar-refractivity contribution in [3.05, 3.63) is 76.4 Å². The second-order valence-electron chi connectivity index (χ2n) is 12.1. The van der Waals surface area contributed by atoms with Crippen LogP contribution in [0.3, 0.4) is 0 Å². The lowest BCUT2D eigenvalue weighted by molar-refractivity contribution is -0.155. The van der Waals surface area contributed by atoms with Crippen LogP contribution in [-0.2, 0) is 29.9 Å². The second kappa shape index (κ2) is 15.0. The first-order chi connectivity index (χ1) is 23.6. The Kier molecular flexibility index (Phi) is 11.2. The molecule has 50 heavy (non-hydrogen) atoms. The molecule has 0 spiro atoms. The van der Waals surface area contributed by atoms with Crippen LogP contribution in [0.15, 0.2) is 59.7 Å². The molecule has 0 unspecified atom stereocenters. The summed E-state index contributed by atoms with van der Waals surface area (Å²) in [5.74, 6) is -2.11. The van der Waals surface area contributed by atoms with E-state index in [0.717, 1.165) is 24.3 Å². The van der Waals surface area contributed by atoms with Gasteiger partial charge in [-0.05, 0) is 73.5 Å². The molecule has 10 atom stereocenters. The van der Waals surface area contributed by atoms with Gasteiger partial charge in [0.25, 0.3) is 0 Å².